The van der Waals surface area contributed by atoms with Crippen LogP contribution >= 0.6 is 12.2 Å². The smallest absolute Gasteiger partial charge is 0.182 e. The lowest BCUT2D eigenvalue weighted by atomic mass is 9.91. The summed E-state index contributed by atoms with van der Waals surface area (Å²) < 4.78 is 5.87. The summed E-state index contributed by atoms with van der Waals surface area (Å²) >= 11 is 5.29. The summed E-state index contributed by atoms with van der Waals surface area (Å²) in [6.45, 7) is 0.899. The van der Waals surface area contributed by atoms with Gasteiger partial charge in [0, 0.05) is 57.9 Å². The molecule has 34 heavy (non-hydrogen) atoms. The molecule has 0 unspecified atom stereocenters. The number of aromatic hydroxyl groups is 1. The van der Waals surface area contributed by atoms with E-state index in [4.69, 9.17) is 22.2 Å². The number of aldehydes is 1. The van der Waals surface area contributed by atoms with Gasteiger partial charge in [-0.3, -0.25) is 9.59 Å². The van der Waals surface area contributed by atoms with Crippen LogP contribution in [0.15, 0.2) is 68.9 Å². The van der Waals surface area contributed by atoms with Crippen LogP contribution in [0.4, 0.5) is 5.69 Å². The van der Waals surface area contributed by atoms with Gasteiger partial charge in [-0.1, -0.05) is 11.2 Å². The predicted octanol–water partition coefficient (Wildman–Crippen LogP) is 5.07. The second kappa shape index (κ2) is 10.0. The molecule has 2 aromatic rings. The molecule has 0 fully saturated rings. The van der Waals surface area contributed by atoms with Crippen molar-refractivity contribution in [2.45, 2.75) is 6.42 Å². The number of phenols is 1. The van der Waals surface area contributed by atoms with E-state index in [1.165, 1.54) is 24.3 Å². The van der Waals surface area contributed by atoms with Gasteiger partial charge in [-0.15, -0.1) is 0 Å². The summed E-state index contributed by atoms with van der Waals surface area (Å²) in [6.07, 6.45) is 1.38. The van der Waals surface area contributed by atoms with Crippen LogP contribution in [0.5, 0.6) is 5.75 Å². The number of carbonyl (C=O) groups excluding carboxylic acids is 1. The molecule has 1 heterocycles. The molecule has 0 amide bonds. The fourth-order valence-electron chi connectivity index (χ4n) is 3.69. The largest absolute Gasteiger partial charge is 0.508 e. The highest BCUT2D eigenvalue weighted by Gasteiger charge is 2.20. The maximum atomic E-state index is 12.1. The molecule has 2 aromatic carbocycles. The summed E-state index contributed by atoms with van der Waals surface area (Å²) in [5.41, 5.74) is 11.5. The van der Waals surface area contributed by atoms with E-state index in [2.05, 4.69) is 20.7 Å². The van der Waals surface area contributed by atoms with Crippen LogP contribution in [0.1, 0.15) is 16.8 Å². The summed E-state index contributed by atoms with van der Waals surface area (Å²) in [6, 6.07) is 14.5. The van der Waals surface area contributed by atoms with Gasteiger partial charge in [0.15, 0.2) is 16.8 Å². The first-order valence-electron chi connectivity index (χ1n) is 10.3. The number of fused-ring (bicyclic) bond motifs is 2. The maximum Gasteiger partial charge on any atom is 0.182 e. The average Bonchev–Trinajstić information content (AvgIpc) is 2.82. The number of anilines is 1. The van der Waals surface area contributed by atoms with Crippen molar-refractivity contribution in [3.05, 3.63) is 80.8 Å². The normalized spacial score (nSPS) is 10.6. The number of thiocarbonyl (C=S) groups is 1. The Bertz CT molecular complexity index is 1480. The number of nitrogens with one attached hydrogen (secondary N) is 2. The molecular formula is C24H19N5O4S. The third kappa shape index (κ3) is 4.83. The molecule has 170 valence electrons. The van der Waals surface area contributed by atoms with Crippen molar-refractivity contribution in [2.24, 2.45) is 5.11 Å². The fraction of sp³-hybridized carbons (Fsp3) is 0.125. The van der Waals surface area contributed by atoms with Gasteiger partial charge in [-0.05, 0) is 66.1 Å². The van der Waals surface area contributed by atoms with E-state index in [1.54, 1.807) is 30.3 Å². The molecule has 0 atom stereocenters. The number of rotatable bonds is 7. The quantitative estimate of drug-likeness (QED) is 0.0647. The van der Waals surface area contributed by atoms with Crippen molar-refractivity contribution in [3.8, 4) is 28.2 Å². The van der Waals surface area contributed by atoms with Gasteiger partial charge in [0.25, 0.3) is 0 Å². The molecule has 1 aliphatic heterocycles. The summed E-state index contributed by atoms with van der Waals surface area (Å²) in [4.78, 5) is 26.7. The molecule has 4 rings (SSSR count). The van der Waals surface area contributed by atoms with Crippen LogP contribution in [-0.4, -0.2) is 29.6 Å². The number of nitrogens with zero attached hydrogens (tertiary/aromatic N) is 3. The Kier molecular flexibility index (Phi) is 6.72. The van der Waals surface area contributed by atoms with E-state index in [9.17, 15) is 14.7 Å². The third-order valence-electron chi connectivity index (χ3n) is 5.17. The van der Waals surface area contributed by atoms with Gasteiger partial charge in [-0.25, -0.2) is 0 Å². The van der Waals surface area contributed by atoms with Crippen molar-refractivity contribution >= 4 is 40.3 Å². The van der Waals surface area contributed by atoms with E-state index in [-0.39, 0.29) is 11.2 Å². The molecule has 0 aromatic heterocycles. The zero-order valence-corrected chi connectivity index (χ0v) is 18.6. The second-order valence-corrected chi connectivity index (χ2v) is 7.83. The minimum absolute atomic E-state index is 0.0235. The van der Waals surface area contributed by atoms with Gasteiger partial charge < -0.3 is 20.2 Å². The molecule has 9 nitrogen and oxygen atoms in total. The zero-order chi connectivity index (χ0) is 24.1. The molecule has 0 radical (unpaired) electrons. The average molecular weight is 474 g/mol. The second-order valence-electron chi connectivity index (χ2n) is 7.42. The van der Waals surface area contributed by atoms with E-state index in [0.29, 0.717) is 69.3 Å². The Morgan fingerprint density at radius 2 is 1.97 bits per heavy atom. The van der Waals surface area contributed by atoms with E-state index in [0.717, 1.165) is 6.29 Å². The van der Waals surface area contributed by atoms with E-state index >= 15 is 0 Å². The minimum Gasteiger partial charge on any atom is -0.508 e. The third-order valence-corrected chi connectivity index (χ3v) is 5.41. The monoisotopic (exact) mass is 473 g/mol. The van der Waals surface area contributed by atoms with Crippen LogP contribution in [0.3, 0.4) is 0 Å². The van der Waals surface area contributed by atoms with Gasteiger partial charge in [-0.2, -0.15) is 0 Å². The standard InChI is InChI=1S/C24H19N5O4S/c25-29-27-9-1-8-26-24(34)28-15-2-5-18(14(10-15)13-30)23-19-6-3-16(31)11-21(19)33-22-12-17(32)4-7-20(22)23/h2-7,10-13,31H,1,8-9H2,(H2,26,28,34). The Hall–Kier alpha value is -4.40. The zero-order valence-electron chi connectivity index (χ0n) is 17.8. The number of hydrogen-bond acceptors (Lipinski definition) is 6. The lowest BCUT2D eigenvalue weighted by Crippen LogP contribution is -2.29. The first-order valence-corrected chi connectivity index (χ1v) is 10.8. The number of azide groups is 1. The molecule has 2 aliphatic rings. The maximum absolute atomic E-state index is 12.1. The Labute approximate surface area is 199 Å². The Balaban J connectivity index is 1.72. The SMILES string of the molecule is [N-]=[N+]=NCCCNC(=S)Nc1ccc(-c2c3ccc(=O)cc-3oc3cc(O)ccc23)c(C=O)c1. The summed E-state index contributed by atoms with van der Waals surface area (Å²) in [7, 11) is 0. The van der Waals surface area contributed by atoms with Crippen LogP contribution in [0.2, 0.25) is 0 Å². The molecule has 3 N–H and O–H groups in total. The summed E-state index contributed by atoms with van der Waals surface area (Å²) in [5, 5.41) is 20.5. The van der Waals surface area contributed by atoms with Gasteiger partial charge in [0.2, 0.25) is 0 Å². The molecule has 0 spiro atoms. The van der Waals surface area contributed by atoms with Crippen molar-refractivity contribution in [2.75, 3.05) is 18.4 Å². The van der Waals surface area contributed by atoms with Crippen molar-refractivity contribution in [1.82, 2.24) is 5.32 Å². The number of benzene rings is 3. The van der Waals surface area contributed by atoms with Crippen LogP contribution in [0, 0.1) is 0 Å². The molecule has 0 saturated heterocycles. The molecule has 1 aliphatic carbocycles. The topological polar surface area (TPSA) is 140 Å². The Morgan fingerprint density at radius 1 is 1.15 bits per heavy atom. The first kappa shape index (κ1) is 22.8. The lowest BCUT2D eigenvalue weighted by molar-refractivity contribution is 0.112. The summed E-state index contributed by atoms with van der Waals surface area (Å²) in [5.74, 6) is 0.376. The predicted molar refractivity (Wildman–Crippen MR) is 134 cm³/mol. The van der Waals surface area contributed by atoms with Crippen LogP contribution < -0.4 is 16.1 Å². The molecule has 0 bridgehead atoms. The number of phenolic OH excluding ortho intramolecular Hbond substituents is 1. The van der Waals surface area contributed by atoms with E-state index < -0.39 is 0 Å². The molecule has 0 saturated carbocycles. The number of hydrogen-bond donors (Lipinski definition) is 3. The Morgan fingerprint density at radius 3 is 2.76 bits per heavy atom. The molecular weight excluding hydrogens is 454 g/mol. The highest BCUT2D eigenvalue weighted by atomic mass is 32.1. The number of carbonyl (C=O) groups is 1. The molecule has 10 heteroatoms. The minimum atomic E-state index is -0.211. The van der Waals surface area contributed by atoms with Crippen molar-refractivity contribution in [3.63, 3.8) is 0 Å². The van der Waals surface area contributed by atoms with Gasteiger partial charge in [0.05, 0.1) is 0 Å². The fourth-order valence-corrected chi connectivity index (χ4v) is 3.91. The first-order chi connectivity index (χ1) is 16.5. The lowest BCUT2D eigenvalue weighted by Gasteiger charge is -2.17. The van der Waals surface area contributed by atoms with Crippen LogP contribution in [0.25, 0.3) is 43.9 Å². The van der Waals surface area contributed by atoms with Crippen molar-refractivity contribution in [1.29, 1.82) is 0 Å². The van der Waals surface area contributed by atoms with Crippen LogP contribution in [-0.2, 0) is 0 Å². The van der Waals surface area contributed by atoms with Crippen molar-refractivity contribution < 1.29 is 14.3 Å². The van der Waals surface area contributed by atoms with Gasteiger partial charge >= 0.3 is 0 Å². The highest BCUT2D eigenvalue weighted by Crippen LogP contribution is 2.42. The van der Waals surface area contributed by atoms with Gasteiger partial charge in [0.1, 0.15) is 17.1 Å². The highest BCUT2D eigenvalue weighted by molar-refractivity contribution is 7.80. The van der Waals surface area contributed by atoms with E-state index in [1.807, 2.05) is 0 Å².